The van der Waals surface area contributed by atoms with E-state index in [1.165, 1.54) is 35.6 Å². The normalized spacial score (nSPS) is 17.7. The van der Waals surface area contributed by atoms with E-state index in [-0.39, 0.29) is 22.5 Å². The van der Waals surface area contributed by atoms with Gasteiger partial charge in [-0.15, -0.1) is 11.3 Å². The Bertz CT molecular complexity index is 913. The molecule has 0 radical (unpaired) electrons. The molecule has 3 rings (SSSR count). The summed E-state index contributed by atoms with van der Waals surface area (Å²) in [6.45, 7) is 1.99. The standard InChI is InChI=1S/C18H22N2O5S2/c1-13(21)16-8-9-17(26-16)18(10-2-3-11-18)12-19-27(24,25)15-6-4-14(5-7-15)20(22)23/h4-9,13,19,21H,2-3,10-12H2,1H3. The summed E-state index contributed by atoms with van der Waals surface area (Å²) < 4.78 is 28.0. The number of nitro groups is 1. The third kappa shape index (κ3) is 4.21. The van der Waals surface area contributed by atoms with E-state index in [0.29, 0.717) is 0 Å². The second-order valence-electron chi connectivity index (χ2n) is 6.94. The highest BCUT2D eigenvalue weighted by Crippen LogP contribution is 2.44. The van der Waals surface area contributed by atoms with Crippen molar-refractivity contribution in [3.05, 3.63) is 56.3 Å². The molecule has 9 heteroatoms. The SMILES string of the molecule is CC(O)c1ccc(C2(CNS(=O)(=O)c3ccc([N+](=O)[O-])cc3)CCCC2)s1. The lowest BCUT2D eigenvalue weighted by atomic mass is 9.85. The Balaban J connectivity index is 1.79. The van der Waals surface area contributed by atoms with E-state index in [9.17, 15) is 23.6 Å². The molecule has 0 bridgehead atoms. The van der Waals surface area contributed by atoms with Crippen LogP contribution < -0.4 is 4.72 Å². The zero-order chi connectivity index (χ0) is 19.7. The first-order valence-electron chi connectivity index (χ1n) is 8.76. The minimum Gasteiger partial charge on any atom is -0.388 e. The van der Waals surface area contributed by atoms with Crippen molar-refractivity contribution in [2.24, 2.45) is 0 Å². The molecule has 0 aliphatic heterocycles. The molecule has 1 aliphatic carbocycles. The van der Waals surface area contributed by atoms with Crippen molar-refractivity contribution >= 4 is 27.0 Å². The summed E-state index contributed by atoms with van der Waals surface area (Å²) in [6, 6.07) is 8.76. The van der Waals surface area contributed by atoms with E-state index < -0.39 is 21.1 Å². The van der Waals surface area contributed by atoms with Crippen LogP contribution >= 0.6 is 11.3 Å². The molecule has 146 valence electrons. The molecular formula is C18H22N2O5S2. The molecule has 1 aliphatic rings. The number of hydrogen-bond acceptors (Lipinski definition) is 6. The lowest BCUT2D eigenvalue weighted by Gasteiger charge is -2.28. The molecule has 2 aromatic rings. The monoisotopic (exact) mass is 410 g/mol. The molecule has 1 saturated carbocycles. The predicted octanol–water partition coefficient (Wildman–Crippen LogP) is 3.50. The zero-order valence-corrected chi connectivity index (χ0v) is 16.6. The number of non-ortho nitro benzene ring substituents is 1. The smallest absolute Gasteiger partial charge is 0.269 e. The van der Waals surface area contributed by atoms with Gasteiger partial charge in [0.15, 0.2) is 0 Å². The molecule has 1 aromatic heterocycles. The van der Waals surface area contributed by atoms with Crippen LogP contribution in [0.15, 0.2) is 41.3 Å². The van der Waals surface area contributed by atoms with Crippen LogP contribution in [0.4, 0.5) is 5.69 Å². The molecule has 1 heterocycles. The number of rotatable bonds is 7. The maximum absolute atomic E-state index is 12.6. The van der Waals surface area contributed by atoms with Gasteiger partial charge in [0.25, 0.3) is 5.69 Å². The summed E-state index contributed by atoms with van der Waals surface area (Å²) in [6.07, 6.45) is 3.28. The average Bonchev–Trinajstić information content (AvgIpc) is 3.30. The van der Waals surface area contributed by atoms with Crippen LogP contribution in [0, 0.1) is 10.1 Å². The number of nitrogens with one attached hydrogen (secondary N) is 1. The van der Waals surface area contributed by atoms with Gasteiger partial charge < -0.3 is 5.11 Å². The van der Waals surface area contributed by atoms with Crippen LogP contribution in [0.1, 0.15) is 48.5 Å². The summed E-state index contributed by atoms with van der Waals surface area (Å²) in [5.74, 6) is 0. The van der Waals surface area contributed by atoms with Gasteiger partial charge in [0.05, 0.1) is 15.9 Å². The highest BCUT2D eigenvalue weighted by molar-refractivity contribution is 7.89. The summed E-state index contributed by atoms with van der Waals surface area (Å²) in [7, 11) is -3.76. The Morgan fingerprint density at radius 2 is 1.85 bits per heavy atom. The van der Waals surface area contributed by atoms with Gasteiger partial charge in [0.2, 0.25) is 10.0 Å². The largest absolute Gasteiger partial charge is 0.388 e. The van der Waals surface area contributed by atoms with Crippen molar-refractivity contribution in [1.82, 2.24) is 4.72 Å². The number of nitrogens with zero attached hydrogens (tertiary/aromatic N) is 1. The maximum Gasteiger partial charge on any atom is 0.269 e. The lowest BCUT2D eigenvalue weighted by Crippen LogP contribution is -2.38. The van der Waals surface area contributed by atoms with Crippen molar-refractivity contribution in [1.29, 1.82) is 0 Å². The predicted molar refractivity (Wildman–Crippen MR) is 103 cm³/mol. The molecule has 1 unspecified atom stereocenters. The van der Waals surface area contributed by atoms with E-state index in [0.717, 1.165) is 35.4 Å². The number of benzene rings is 1. The van der Waals surface area contributed by atoms with Crippen molar-refractivity contribution in [2.45, 2.75) is 49.0 Å². The number of sulfonamides is 1. The average molecular weight is 411 g/mol. The Kier molecular flexibility index (Phi) is 5.66. The van der Waals surface area contributed by atoms with E-state index in [4.69, 9.17) is 0 Å². The van der Waals surface area contributed by atoms with Crippen molar-refractivity contribution in [2.75, 3.05) is 6.54 Å². The molecule has 1 aromatic carbocycles. The van der Waals surface area contributed by atoms with Gasteiger partial charge in [-0.1, -0.05) is 12.8 Å². The van der Waals surface area contributed by atoms with E-state index in [1.807, 2.05) is 12.1 Å². The highest BCUT2D eigenvalue weighted by atomic mass is 32.2. The molecule has 1 fully saturated rings. The minimum atomic E-state index is -3.76. The van der Waals surface area contributed by atoms with Crippen LogP contribution in [0.3, 0.4) is 0 Å². The quantitative estimate of drug-likeness (QED) is 0.536. The Labute approximate surface area is 162 Å². The Morgan fingerprint density at radius 1 is 1.22 bits per heavy atom. The van der Waals surface area contributed by atoms with Crippen molar-refractivity contribution < 1.29 is 18.4 Å². The number of aliphatic hydroxyl groups is 1. The van der Waals surface area contributed by atoms with Crippen LogP contribution in [-0.2, 0) is 15.4 Å². The van der Waals surface area contributed by atoms with Gasteiger partial charge in [-0.3, -0.25) is 10.1 Å². The van der Waals surface area contributed by atoms with Crippen LogP contribution in [0.5, 0.6) is 0 Å². The molecule has 2 N–H and O–H groups in total. The summed E-state index contributed by atoms with van der Waals surface area (Å²) in [5.41, 5.74) is -0.420. The minimum absolute atomic E-state index is 0.0112. The lowest BCUT2D eigenvalue weighted by molar-refractivity contribution is -0.384. The van der Waals surface area contributed by atoms with Gasteiger partial charge in [-0.2, -0.15) is 0 Å². The van der Waals surface area contributed by atoms with Crippen molar-refractivity contribution in [3.8, 4) is 0 Å². The van der Waals surface area contributed by atoms with E-state index >= 15 is 0 Å². The summed E-state index contributed by atoms with van der Waals surface area (Å²) in [5, 5.41) is 20.5. The van der Waals surface area contributed by atoms with Gasteiger partial charge in [-0.05, 0) is 44.0 Å². The van der Waals surface area contributed by atoms with Gasteiger partial charge in [0.1, 0.15) is 0 Å². The van der Waals surface area contributed by atoms with Crippen LogP contribution in [0.2, 0.25) is 0 Å². The van der Waals surface area contributed by atoms with E-state index in [2.05, 4.69) is 4.72 Å². The molecule has 1 atom stereocenters. The first-order valence-corrected chi connectivity index (χ1v) is 11.1. The number of thiophene rings is 1. The third-order valence-corrected chi connectivity index (χ3v) is 8.00. The first-order chi connectivity index (χ1) is 12.7. The second-order valence-corrected chi connectivity index (χ2v) is 9.82. The maximum atomic E-state index is 12.6. The fourth-order valence-electron chi connectivity index (χ4n) is 3.49. The third-order valence-electron chi connectivity index (χ3n) is 5.08. The molecule has 0 spiro atoms. The molecular weight excluding hydrogens is 388 g/mol. The Morgan fingerprint density at radius 3 is 2.37 bits per heavy atom. The second kappa shape index (κ2) is 7.67. The highest BCUT2D eigenvalue weighted by Gasteiger charge is 2.38. The number of hydrogen-bond donors (Lipinski definition) is 2. The number of nitro benzene ring substituents is 1. The molecule has 7 nitrogen and oxygen atoms in total. The summed E-state index contributed by atoms with van der Waals surface area (Å²) >= 11 is 1.53. The Hall–Kier alpha value is -1.81. The van der Waals surface area contributed by atoms with Gasteiger partial charge in [-0.25, -0.2) is 13.1 Å². The van der Waals surface area contributed by atoms with Crippen molar-refractivity contribution in [3.63, 3.8) is 0 Å². The first kappa shape index (κ1) is 19.9. The zero-order valence-electron chi connectivity index (χ0n) is 14.9. The van der Waals surface area contributed by atoms with E-state index in [1.54, 1.807) is 6.92 Å². The molecule has 27 heavy (non-hydrogen) atoms. The van der Waals surface area contributed by atoms with Crippen LogP contribution in [0.25, 0.3) is 0 Å². The molecule has 0 saturated heterocycles. The topological polar surface area (TPSA) is 110 Å². The van der Waals surface area contributed by atoms with Gasteiger partial charge in [0, 0.05) is 33.8 Å². The van der Waals surface area contributed by atoms with Gasteiger partial charge >= 0.3 is 0 Å². The fourth-order valence-corrected chi connectivity index (χ4v) is 5.80. The number of aliphatic hydroxyl groups excluding tert-OH is 1. The van der Waals surface area contributed by atoms with Crippen LogP contribution in [-0.4, -0.2) is 25.0 Å². The molecule has 0 amide bonds. The summed E-state index contributed by atoms with van der Waals surface area (Å²) in [4.78, 5) is 12.1. The fraction of sp³-hybridized carbons (Fsp3) is 0.444.